The molecule has 0 radical (unpaired) electrons. The molecule has 190 valence electrons. The largest absolute Gasteiger partial charge is 0.372 e. The molecule has 2 aliphatic rings. The highest BCUT2D eigenvalue weighted by Crippen LogP contribution is 2.28. The predicted molar refractivity (Wildman–Crippen MR) is 150 cm³/mol. The van der Waals surface area contributed by atoms with Crippen molar-refractivity contribution in [2.24, 2.45) is 5.92 Å². The third-order valence-corrected chi connectivity index (χ3v) is 8.09. The molecular formula is C32H36N4O. The summed E-state index contributed by atoms with van der Waals surface area (Å²) in [5.74, 6) is 0.777. The van der Waals surface area contributed by atoms with Crippen LogP contribution in [0.3, 0.4) is 0 Å². The minimum atomic E-state index is 0.130. The Hall–Kier alpha value is -3.78. The van der Waals surface area contributed by atoms with Gasteiger partial charge >= 0.3 is 0 Å². The summed E-state index contributed by atoms with van der Waals surface area (Å²) >= 11 is 0. The monoisotopic (exact) mass is 492 g/mol. The van der Waals surface area contributed by atoms with Gasteiger partial charge in [0.15, 0.2) is 0 Å². The van der Waals surface area contributed by atoms with Crippen LogP contribution in [0.4, 0.5) is 11.4 Å². The third-order valence-electron chi connectivity index (χ3n) is 8.09. The molecule has 2 aliphatic heterocycles. The molecule has 2 fully saturated rings. The number of nitriles is 1. The molecule has 0 N–H and O–H groups in total. The van der Waals surface area contributed by atoms with Crippen LogP contribution in [-0.4, -0.2) is 50.1 Å². The van der Waals surface area contributed by atoms with Crippen molar-refractivity contribution in [3.8, 4) is 6.07 Å². The van der Waals surface area contributed by atoms with Gasteiger partial charge in [0.2, 0.25) is 0 Å². The topological polar surface area (TPSA) is 50.6 Å². The van der Waals surface area contributed by atoms with Crippen LogP contribution in [0.1, 0.15) is 45.5 Å². The first-order valence-electron chi connectivity index (χ1n) is 13.5. The minimum Gasteiger partial charge on any atom is -0.372 e. The lowest BCUT2D eigenvalue weighted by Gasteiger charge is -2.37. The van der Waals surface area contributed by atoms with Gasteiger partial charge in [0.1, 0.15) is 6.07 Å². The molecule has 1 amide bonds. The number of para-hydroxylation sites is 2. The molecule has 0 aromatic heterocycles. The molecule has 5 heteroatoms. The van der Waals surface area contributed by atoms with Gasteiger partial charge < -0.3 is 14.7 Å². The molecule has 37 heavy (non-hydrogen) atoms. The third kappa shape index (κ3) is 5.49. The van der Waals surface area contributed by atoms with E-state index in [1.807, 2.05) is 29.2 Å². The highest BCUT2D eigenvalue weighted by atomic mass is 16.2. The van der Waals surface area contributed by atoms with E-state index in [-0.39, 0.29) is 5.91 Å². The van der Waals surface area contributed by atoms with Gasteiger partial charge in [0.25, 0.3) is 5.91 Å². The number of carbonyl (C=O) groups is 1. The standard InChI is InChI=1S/C32H36N4O/c1-24-20-25(2)30(22-28(24)21-26-12-14-34(15-13-26)29-9-4-3-5-10-29)32(37)36-18-16-35(17-19-36)31-11-7-6-8-27(31)23-33/h3-11,20,22,26H,12-19,21H2,1-2H3. The molecule has 3 aromatic carbocycles. The molecule has 0 atom stereocenters. The molecule has 0 saturated carbocycles. The fourth-order valence-corrected chi connectivity index (χ4v) is 5.86. The Morgan fingerprint density at radius 3 is 2.22 bits per heavy atom. The average Bonchev–Trinajstić information content (AvgIpc) is 2.95. The van der Waals surface area contributed by atoms with E-state index in [9.17, 15) is 10.1 Å². The Balaban J connectivity index is 1.23. The van der Waals surface area contributed by atoms with E-state index in [1.165, 1.54) is 29.7 Å². The quantitative estimate of drug-likeness (QED) is 0.465. The van der Waals surface area contributed by atoms with Gasteiger partial charge in [-0.25, -0.2) is 0 Å². The maximum Gasteiger partial charge on any atom is 0.254 e. The minimum absolute atomic E-state index is 0.130. The van der Waals surface area contributed by atoms with Crippen LogP contribution in [0.15, 0.2) is 66.7 Å². The number of carbonyl (C=O) groups excluding carboxylic acids is 1. The highest BCUT2D eigenvalue weighted by Gasteiger charge is 2.26. The van der Waals surface area contributed by atoms with Gasteiger partial charge in [0.05, 0.1) is 11.3 Å². The first kappa shape index (κ1) is 24.9. The summed E-state index contributed by atoms with van der Waals surface area (Å²) < 4.78 is 0. The van der Waals surface area contributed by atoms with Crippen LogP contribution < -0.4 is 9.80 Å². The van der Waals surface area contributed by atoms with Gasteiger partial charge in [-0.2, -0.15) is 5.26 Å². The Morgan fingerprint density at radius 2 is 1.51 bits per heavy atom. The van der Waals surface area contributed by atoms with Gasteiger partial charge in [-0.05, 0) is 86.1 Å². The summed E-state index contributed by atoms with van der Waals surface area (Å²) in [4.78, 5) is 20.3. The smallest absolute Gasteiger partial charge is 0.254 e. The second-order valence-corrected chi connectivity index (χ2v) is 10.5. The van der Waals surface area contributed by atoms with Crippen molar-refractivity contribution in [2.45, 2.75) is 33.1 Å². The molecular weight excluding hydrogens is 456 g/mol. The average molecular weight is 493 g/mol. The molecule has 3 aromatic rings. The van der Waals surface area contributed by atoms with Crippen molar-refractivity contribution in [3.63, 3.8) is 0 Å². The number of rotatable bonds is 5. The Labute approximate surface area is 220 Å². The lowest BCUT2D eigenvalue weighted by molar-refractivity contribution is 0.0746. The molecule has 2 saturated heterocycles. The number of aryl methyl sites for hydroxylation is 2. The number of amides is 1. The van der Waals surface area contributed by atoms with Crippen molar-refractivity contribution < 1.29 is 4.79 Å². The Bertz CT molecular complexity index is 1280. The van der Waals surface area contributed by atoms with Gasteiger partial charge in [-0.1, -0.05) is 36.4 Å². The number of piperidine rings is 1. The Kier molecular flexibility index (Phi) is 7.46. The number of hydrogen-bond acceptors (Lipinski definition) is 4. The van der Waals surface area contributed by atoms with Crippen LogP contribution in [-0.2, 0) is 6.42 Å². The van der Waals surface area contributed by atoms with Crippen LogP contribution in [0.25, 0.3) is 0 Å². The van der Waals surface area contributed by atoms with E-state index in [0.717, 1.165) is 49.4 Å². The van der Waals surface area contributed by atoms with Crippen LogP contribution in [0, 0.1) is 31.1 Å². The fourth-order valence-electron chi connectivity index (χ4n) is 5.86. The molecule has 5 nitrogen and oxygen atoms in total. The molecule has 0 aliphatic carbocycles. The second-order valence-electron chi connectivity index (χ2n) is 10.5. The number of anilines is 2. The lowest BCUT2D eigenvalue weighted by Crippen LogP contribution is -2.49. The van der Waals surface area contributed by atoms with E-state index in [1.54, 1.807) is 0 Å². The van der Waals surface area contributed by atoms with Crippen LogP contribution in [0.2, 0.25) is 0 Å². The molecule has 0 bridgehead atoms. The Morgan fingerprint density at radius 1 is 0.838 bits per heavy atom. The second kappa shape index (κ2) is 11.1. The van der Waals surface area contributed by atoms with Crippen LogP contribution in [0.5, 0.6) is 0 Å². The highest BCUT2D eigenvalue weighted by molar-refractivity contribution is 5.96. The van der Waals surface area contributed by atoms with Gasteiger partial charge in [0, 0.05) is 50.5 Å². The van der Waals surface area contributed by atoms with E-state index >= 15 is 0 Å². The SMILES string of the molecule is Cc1cc(C)c(C(=O)N2CCN(c3ccccc3C#N)CC2)cc1CC1CCN(c2ccccc2)CC1. The summed E-state index contributed by atoms with van der Waals surface area (Å²) in [7, 11) is 0. The first-order valence-corrected chi connectivity index (χ1v) is 13.5. The van der Waals surface area contributed by atoms with Crippen molar-refractivity contribution in [1.82, 2.24) is 4.90 Å². The molecule has 0 spiro atoms. The normalized spacial score (nSPS) is 16.5. The fraction of sp³-hybridized carbons (Fsp3) is 0.375. The molecule has 2 heterocycles. The first-order chi connectivity index (χ1) is 18.0. The number of piperazine rings is 1. The van der Waals surface area contributed by atoms with E-state index < -0.39 is 0 Å². The lowest BCUT2D eigenvalue weighted by atomic mass is 9.87. The van der Waals surface area contributed by atoms with Crippen molar-refractivity contribution >= 4 is 17.3 Å². The molecule has 0 unspecified atom stereocenters. The van der Waals surface area contributed by atoms with E-state index in [0.29, 0.717) is 24.6 Å². The van der Waals surface area contributed by atoms with Gasteiger partial charge in [-0.3, -0.25) is 4.79 Å². The summed E-state index contributed by atoms with van der Waals surface area (Å²) in [5, 5.41) is 9.46. The molecule has 5 rings (SSSR count). The maximum absolute atomic E-state index is 13.6. The zero-order valence-corrected chi connectivity index (χ0v) is 22.0. The van der Waals surface area contributed by atoms with E-state index in [2.05, 4.69) is 72.2 Å². The maximum atomic E-state index is 13.6. The van der Waals surface area contributed by atoms with Gasteiger partial charge in [-0.15, -0.1) is 0 Å². The summed E-state index contributed by atoms with van der Waals surface area (Å²) in [6.45, 7) is 9.22. The summed E-state index contributed by atoms with van der Waals surface area (Å²) in [6.07, 6.45) is 3.39. The predicted octanol–water partition coefficient (Wildman–Crippen LogP) is 5.60. The van der Waals surface area contributed by atoms with Crippen molar-refractivity contribution in [2.75, 3.05) is 49.1 Å². The van der Waals surface area contributed by atoms with Crippen molar-refractivity contribution in [1.29, 1.82) is 5.26 Å². The number of benzene rings is 3. The number of nitrogens with zero attached hydrogens (tertiary/aromatic N) is 4. The van der Waals surface area contributed by atoms with Crippen molar-refractivity contribution in [3.05, 3.63) is 94.5 Å². The zero-order valence-electron chi connectivity index (χ0n) is 22.0. The summed E-state index contributed by atoms with van der Waals surface area (Å²) in [5.41, 5.74) is 7.47. The zero-order chi connectivity index (χ0) is 25.8. The van der Waals surface area contributed by atoms with E-state index in [4.69, 9.17) is 0 Å². The van der Waals surface area contributed by atoms with Crippen LogP contribution >= 0.6 is 0 Å². The summed E-state index contributed by atoms with van der Waals surface area (Å²) in [6, 6.07) is 25.1. The number of hydrogen-bond donors (Lipinski definition) is 0.